The van der Waals surface area contributed by atoms with Gasteiger partial charge in [0.15, 0.2) is 0 Å². The van der Waals surface area contributed by atoms with Gasteiger partial charge in [0.05, 0.1) is 4.90 Å². The largest absolute Gasteiger partial charge is 0.348 e. The lowest BCUT2D eigenvalue weighted by Crippen LogP contribution is -2.40. The number of nitrogens with zero attached hydrogens (tertiary/aromatic N) is 1. The summed E-state index contributed by atoms with van der Waals surface area (Å²) in [5.41, 5.74) is 6.69. The Kier molecular flexibility index (Phi) is 11.0. The number of carbonyl (C=O) groups is 1. The first-order valence-corrected chi connectivity index (χ1v) is 10.4. The van der Waals surface area contributed by atoms with Crippen LogP contribution in [0.25, 0.3) is 0 Å². The molecule has 3 N–H and O–H groups in total. The number of hydrogen-bond acceptors (Lipinski definition) is 4. The third-order valence-corrected chi connectivity index (χ3v) is 6.49. The minimum absolute atomic E-state index is 0. The zero-order valence-corrected chi connectivity index (χ0v) is 17.8. The van der Waals surface area contributed by atoms with Gasteiger partial charge in [0.2, 0.25) is 10.0 Å². The molecule has 0 heterocycles. The Balaban J connectivity index is 0.00000625. The number of hydrogen-bond donors (Lipinski definition) is 2. The van der Waals surface area contributed by atoms with E-state index in [1.54, 1.807) is 32.9 Å². The first-order valence-electron chi connectivity index (χ1n) is 8.93. The average molecular weight is 406 g/mol. The molecule has 8 heteroatoms. The minimum Gasteiger partial charge on any atom is -0.348 e. The Morgan fingerprint density at radius 1 is 1.23 bits per heavy atom. The number of unbranched alkanes of at least 4 members (excludes halogenated alkanes) is 1. The fourth-order valence-corrected chi connectivity index (χ4v) is 4.40. The van der Waals surface area contributed by atoms with Crippen LogP contribution >= 0.6 is 12.4 Å². The quantitative estimate of drug-likeness (QED) is 0.625. The molecule has 0 saturated carbocycles. The molecule has 6 nitrogen and oxygen atoms in total. The van der Waals surface area contributed by atoms with Gasteiger partial charge in [0.25, 0.3) is 5.91 Å². The highest BCUT2D eigenvalue weighted by atomic mass is 35.5. The SMILES string of the molecule is CCCCC(CN)NC(=O)c1ccc(C)c(S(=O)(=O)N(CC)CC)c1.Cl. The van der Waals surface area contributed by atoms with Gasteiger partial charge < -0.3 is 11.1 Å². The van der Waals surface area contributed by atoms with Crippen molar-refractivity contribution in [1.82, 2.24) is 9.62 Å². The summed E-state index contributed by atoms with van der Waals surface area (Å²) < 4.78 is 27.0. The van der Waals surface area contributed by atoms with Gasteiger partial charge in [-0.05, 0) is 31.0 Å². The fraction of sp³-hybridized carbons (Fsp3) is 0.611. The van der Waals surface area contributed by atoms with Gasteiger partial charge in [-0.2, -0.15) is 4.31 Å². The summed E-state index contributed by atoms with van der Waals surface area (Å²) in [6.07, 6.45) is 2.83. The Labute approximate surface area is 164 Å². The highest BCUT2D eigenvalue weighted by Crippen LogP contribution is 2.21. The summed E-state index contributed by atoms with van der Waals surface area (Å²) in [6.45, 7) is 8.56. The van der Waals surface area contributed by atoms with Crippen molar-refractivity contribution in [2.75, 3.05) is 19.6 Å². The van der Waals surface area contributed by atoms with Crippen molar-refractivity contribution in [2.45, 2.75) is 57.9 Å². The summed E-state index contributed by atoms with van der Waals surface area (Å²) in [5, 5.41) is 2.90. The number of amides is 1. The van der Waals surface area contributed by atoms with Crippen LogP contribution in [-0.4, -0.2) is 44.3 Å². The Hall–Kier alpha value is -1.15. The molecule has 0 aromatic heterocycles. The van der Waals surface area contributed by atoms with Crippen LogP contribution in [0.5, 0.6) is 0 Å². The van der Waals surface area contributed by atoms with Crippen molar-refractivity contribution in [3.8, 4) is 0 Å². The van der Waals surface area contributed by atoms with E-state index in [0.29, 0.717) is 30.8 Å². The van der Waals surface area contributed by atoms with E-state index in [0.717, 1.165) is 19.3 Å². The van der Waals surface area contributed by atoms with E-state index in [1.807, 2.05) is 0 Å². The van der Waals surface area contributed by atoms with Crippen LogP contribution in [0.4, 0.5) is 0 Å². The van der Waals surface area contributed by atoms with Crippen LogP contribution in [0.2, 0.25) is 0 Å². The second kappa shape index (κ2) is 11.5. The van der Waals surface area contributed by atoms with Crippen molar-refractivity contribution in [2.24, 2.45) is 5.73 Å². The Morgan fingerprint density at radius 2 is 1.85 bits per heavy atom. The van der Waals surface area contributed by atoms with Crippen molar-refractivity contribution >= 4 is 28.3 Å². The topological polar surface area (TPSA) is 92.5 Å². The van der Waals surface area contributed by atoms with Gasteiger partial charge in [-0.15, -0.1) is 12.4 Å². The number of benzene rings is 1. The van der Waals surface area contributed by atoms with E-state index in [9.17, 15) is 13.2 Å². The van der Waals surface area contributed by atoms with Crippen LogP contribution in [0.15, 0.2) is 23.1 Å². The van der Waals surface area contributed by atoms with Crippen molar-refractivity contribution < 1.29 is 13.2 Å². The summed E-state index contributed by atoms with van der Waals surface area (Å²) in [6, 6.07) is 4.69. The first kappa shape index (κ1) is 24.8. The van der Waals surface area contributed by atoms with E-state index < -0.39 is 10.0 Å². The Bertz CT molecular complexity index is 676. The van der Waals surface area contributed by atoms with Crippen LogP contribution in [0, 0.1) is 6.92 Å². The molecule has 1 amide bonds. The molecule has 0 fully saturated rings. The molecule has 0 aliphatic rings. The van der Waals surface area contributed by atoms with E-state index >= 15 is 0 Å². The molecule has 1 aromatic carbocycles. The monoisotopic (exact) mass is 405 g/mol. The molecule has 26 heavy (non-hydrogen) atoms. The number of aryl methyl sites for hydroxylation is 1. The predicted molar refractivity (Wildman–Crippen MR) is 108 cm³/mol. The van der Waals surface area contributed by atoms with Gasteiger partial charge in [-0.25, -0.2) is 8.42 Å². The molecule has 1 atom stereocenters. The normalized spacial score (nSPS) is 12.5. The van der Waals surface area contributed by atoms with Crippen molar-refractivity contribution in [3.05, 3.63) is 29.3 Å². The number of carbonyl (C=O) groups excluding carboxylic acids is 1. The fourth-order valence-electron chi connectivity index (χ4n) is 2.69. The smallest absolute Gasteiger partial charge is 0.251 e. The van der Waals surface area contributed by atoms with Crippen molar-refractivity contribution in [1.29, 1.82) is 0 Å². The van der Waals surface area contributed by atoms with E-state index in [-0.39, 0.29) is 29.3 Å². The third-order valence-electron chi connectivity index (χ3n) is 4.30. The highest BCUT2D eigenvalue weighted by Gasteiger charge is 2.25. The average Bonchev–Trinajstić information content (AvgIpc) is 2.59. The maximum Gasteiger partial charge on any atom is 0.251 e. The molecule has 0 radical (unpaired) electrons. The lowest BCUT2D eigenvalue weighted by Gasteiger charge is -2.21. The van der Waals surface area contributed by atoms with E-state index in [2.05, 4.69) is 12.2 Å². The number of sulfonamides is 1. The molecular weight excluding hydrogens is 374 g/mol. The molecule has 1 unspecified atom stereocenters. The number of halogens is 1. The van der Waals surface area contributed by atoms with Crippen LogP contribution < -0.4 is 11.1 Å². The maximum atomic E-state index is 12.8. The van der Waals surface area contributed by atoms with Crippen LogP contribution in [-0.2, 0) is 10.0 Å². The summed E-state index contributed by atoms with van der Waals surface area (Å²) in [4.78, 5) is 12.7. The molecule has 1 aromatic rings. The summed E-state index contributed by atoms with van der Waals surface area (Å²) in [7, 11) is -3.61. The van der Waals surface area contributed by atoms with Gasteiger partial charge >= 0.3 is 0 Å². The van der Waals surface area contributed by atoms with Crippen LogP contribution in [0.3, 0.4) is 0 Å². The molecule has 150 valence electrons. The molecule has 0 bridgehead atoms. The predicted octanol–water partition coefficient (Wildman–Crippen LogP) is 2.69. The summed E-state index contributed by atoms with van der Waals surface area (Å²) >= 11 is 0. The summed E-state index contributed by atoms with van der Waals surface area (Å²) in [5.74, 6) is -0.289. The molecule has 0 aliphatic heterocycles. The second-order valence-corrected chi connectivity index (χ2v) is 8.02. The molecule has 0 spiro atoms. The molecule has 0 saturated heterocycles. The molecule has 1 rings (SSSR count). The second-order valence-electron chi connectivity index (χ2n) is 6.12. The van der Waals surface area contributed by atoms with E-state index in [1.165, 1.54) is 10.4 Å². The first-order chi connectivity index (χ1) is 11.8. The number of nitrogens with one attached hydrogen (secondary N) is 1. The maximum absolute atomic E-state index is 12.8. The molecule has 0 aliphatic carbocycles. The standard InChI is InChI=1S/C18H31N3O3S.ClH/c1-5-8-9-16(13-19)20-18(22)15-11-10-14(4)17(12-15)25(23,24)21(6-2)7-3;/h10-12,16H,5-9,13,19H2,1-4H3,(H,20,22);1H. The lowest BCUT2D eigenvalue weighted by atomic mass is 10.1. The van der Waals surface area contributed by atoms with Crippen LogP contribution in [0.1, 0.15) is 56.0 Å². The van der Waals surface area contributed by atoms with Gasteiger partial charge in [0.1, 0.15) is 0 Å². The van der Waals surface area contributed by atoms with Gasteiger partial charge in [-0.3, -0.25) is 4.79 Å². The van der Waals surface area contributed by atoms with Gasteiger partial charge in [-0.1, -0.05) is 39.7 Å². The zero-order chi connectivity index (χ0) is 19.0. The molecular formula is C18H32ClN3O3S. The zero-order valence-electron chi connectivity index (χ0n) is 16.1. The number of rotatable bonds is 10. The Morgan fingerprint density at radius 3 is 2.35 bits per heavy atom. The van der Waals surface area contributed by atoms with E-state index in [4.69, 9.17) is 5.73 Å². The van der Waals surface area contributed by atoms with Gasteiger partial charge in [0, 0.05) is 31.2 Å². The third kappa shape index (κ3) is 6.23. The minimum atomic E-state index is -3.61. The lowest BCUT2D eigenvalue weighted by molar-refractivity contribution is 0.0935. The number of nitrogens with two attached hydrogens (primary N) is 1. The highest BCUT2D eigenvalue weighted by molar-refractivity contribution is 7.89. The van der Waals surface area contributed by atoms with Crippen molar-refractivity contribution in [3.63, 3.8) is 0 Å².